The third-order valence-corrected chi connectivity index (χ3v) is 6.67. The predicted octanol–water partition coefficient (Wildman–Crippen LogP) is 5.83. The average Bonchev–Trinajstić information content (AvgIpc) is 2.90. The lowest BCUT2D eigenvalue weighted by atomic mass is 10.1. The average molecular weight is 541 g/mol. The number of carbonyl (C=O) groups is 1. The van der Waals surface area contributed by atoms with E-state index in [1.54, 1.807) is 13.8 Å². The highest BCUT2D eigenvalue weighted by Crippen LogP contribution is 2.23. The van der Waals surface area contributed by atoms with Crippen LogP contribution in [0.5, 0.6) is 5.75 Å². The molecule has 0 radical (unpaired) electrons. The Morgan fingerprint density at radius 3 is 2.21 bits per heavy atom. The second kappa shape index (κ2) is 14.5. The van der Waals surface area contributed by atoms with Crippen molar-refractivity contribution in [2.45, 2.75) is 91.3 Å². The Hall–Kier alpha value is -2.87. The van der Waals surface area contributed by atoms with Crippen LogP contribution in [0.25, 0.3) is 0 Å². The van der Waals surface area contributed by atoms with Gasteiger partial charge in [0.25, 0.3) is 0 Å². The Labute approximate surface area is 235 Å². The summed E-state index contributed by atoms with van der Waals surface area (Å²) in [4.78, 5) is 26.6. The van der Waals surface area contributed by atoms with Crippen LogP contribution in [0.15, 0.2) is 36.7 Å². The molecule has 39 heavy (non-hydrogen) atoms. The van der Waals surface area contributed by atoms with E-state index in [9.17, 15) is 4.79 Å². The van der Waals surface area contributed by atoms with Gasteiger partial charge in [0.15, 0.2) is 5.60 Å². The van der Waals surface area contributed by atoms with E-state index in [2.05, 4.69) is 28.9 Å². The minimum absolute atomic E-state index is 0.381. The van der Waals surface area contributed by atoms with Crippen LogP contribution in [0.4, 0.5) is 11.6 Å². The first kappa shape index (κ1) is 30.7. The smallest absolute Gasteiger partial charge is 0.350 e. The molecule has 8 heteroatoms. The van der Waals surface area contributed by atoms with E-state index in [-0.39, 0.29) is 5.97 Å². The van der Waals surface area contributed by atoms with Gasteiger partial charge in [0.05, 0.1) is 31.3 Å². The van der Waals surface area contributed by atoms with Crippen LogP contribution in [0.1, 0.15) is 79.2 Å². The molecule has 1 aliphatic heterocycles. The molecule has 8 nitrogen and oxygen atoms in total. The highest BCUT2D eigenvalue weighted by molar-refractivity contribution is 5.79. The molecular weight excluding hydrogens is 492 g/mol. The molecule has 2 heterocycles. The number of hydrogen-bond acceptors (Lipinski definition) is 8. The van der Waals surface area contributed by atoms with E-state index in [1.165, 1.54) is 31.2 Å². The number of benzene rings is 1. The van der Waals surface area contributed by atoms with Gasteiger partial charge in [0.1, 0.15) is 11.4 Å². The fourth-order valence-electron chi connectivity index (χ4n) is 4.41. The summed E-state index contributed by atoms with van der Waals surface area (Å²) in [6.07, 6.45) is 10.9. The maximum absolute atomic E-state index is 12.5. The van der Waals surface area contributed by atoms with Crippen molar-refractivity contribution in [2.24, 2.45) is 0 Å². The summed E-state index contributed by atoms with van der Waals surface area (Å²) in [5.41, 5.74) is 0.609. The molecule has 1 aliphatic rings. The van der Waals surface area contributed by atoms with Gasteiger partial charge in [-0.25, -0.2) is 14.8 Å². The van der Waals surface area contributed by atoms with E-state index < -0.39 is 11.2 Å². The van der Waals surface area contributed by atoms with Crippen molar-refractivity contribution < 1.29 is 19.0 Å². The summed E-state index contributed by atoms with van der Waals surface area (Å²) < 4.78 is 17.0. The van der Waals surface area contributed by atoms with Gasteiger partial charge in [-0.1, -0.05) is 44.7 Å². The number of esters is 1. The molecule has 1 aromatic heterocycles. The molecule has 0 spiro atoms. The van der Waals surface area contributed by atoms with Crippen LogP contribution in [-0.2, 0) is 20.7 Å². The standard InChI is InChI=1S/C31H48N4O4/c1-7-8-9-10-11-17-35(29-32-23-26(24-33-29)34-19-21-37-22-20-34)18-16-25-12-14-27(15-13-25)38-31(5,6)28(36)39-30(2,3)4/h12-15,23-24H,7-11,16-22H2,1-6H3. The number of nitrogens with zero attached hydrogens (tertiary/aromatic N) is 4. The molecular formula is C31H48N4O4. The minimum atomic E-state index is -1.08. The highest BCUT2D eigenvalue weighted by atomic mass is 16.6. The monoisotopic (exact) mass is 540 g/mol. The fraction of sp³-hybridized carbons (Fsp3) is 0.645. The van der Waals surface area contributed by atoms with E-state index in [0.29, 0.717) is 5.75 Å². The topological polar surface area (TPSA) is 77.0 Å². The van der Waals surface area contributed by atoms with Crippen LogP contribution < -0.4 is 14.5 Å². The van der Waals surface area contributed by atoms with Crippen LogP contribution in [0.3, 0.4) is 0 Å². The van der Waals surface area contributed by atoms with Crippen LogP contribution in [-0.4, -0.2) is 66.5 Å². The van der Waals surface area contributed by atoms with Crippen LogP contribution >= 0.6 is 0 Å². The first-order chi connectivity index (χ1) is 18.6. The van der Waals surface area contributed by atoms with Crippen LogP contribution in [0.2, 0.25) is 0 Å². The number of hydrogen-bond donors (Lipinski definition) is 0. The molecule has 3 rings (SSSR count). The molecule has 0 aliphatic carbocycles. The summed E-state index contributed by atoms with van der Waals surface area (Å²) in [6, 6.07) is 7.96. The summed E-state index contributed by atoms with van der Waals surface area (Å²) in [5.74, 6) is 1.04. The quantitative estimate of drug-likeness (QED) is 0.219. The molecule has 1 fully saturated rings. The minimum Gasteiger partial charge on any atom is -0.476 e. The van der Waals surface area contributed by atoms with Gasteiger partial charge < -0.3 is 24.0 Å². The molecule has 216 valence electrons. The van der Waals surface area contributed by atoms with Gasteiger partial charge in [0, 0.05) is 26.2 Å². The van der Waals surface area contributed by atoms with Gasteiger partial charge in [-0.15, -0.1) is 0 Å². The normalized spacial score (nSPS) is 14.3. The van der Waals surface area contributed by atoms with Crippen molar-refractivity contribution in [2.75, 3.05) is 49.2 Å². The maximum Gasteiger partial charge on any atom is 0.350 e. The first-order valence-electron chi connectivity index (χ1n) is 14.5. The molecule has 2 aromatic rings. The van der Waals surface area contributed by atoms with Crippen molar-refractivity contribution in [3.05, 3.63) is 42.2 Å². The number of anilines is 2. The van der Waals surface area contributed by atoms with Gasteiger partial charge in [0.2, 0.25) is 5.95 Å². The fourth-order valence-corrected chi connectivity index (χ4v) is 4.41. The lowest BCUT2D eigenvalue weighted by Gasteiger charge is -2.29. The summed E-state index contributed by atoms with van der Waals surface area (Å²) in [7, 11) is 0. The zero-order chi connectivity index (χ0) is 28.3. The largest absolute Gasteiger partial charge is 0.476 e. The zero-order valence-electron chi connectivity index (χ0n) is 24.9. The Balaban J connectivity index is 1.60. The molecule has 0 N–H and O–H groups in total. The van der Waals surface area contributed by atoms with Gasteiger partial charge in [-0.2, -0.15) is 0 Å². The Bertz CT molecular complexity index is 997. The molecule has 0 atom stereocenters. The molecule has 1 saturated heterocycles. The molecule has 1 aromatic carbocycles. The van der Waals surface area contributed by atoms with Crippen molar-refractivity contribution in [3.8, 4) is 5.75 Å². The van der Waals surface area contributed by atoms with Crippen molar-refractivity contribution in [1.29, 1.82) is 0 Å². The predicted molar refractivity (Wildman–Crippen MR) is 157 cm³/mol. The lowest BCUT2D eigenvalue weighted by Crippen LogP contribution is -2.43. The number of rotatable bonds is 14. The third kappa shape index (κ3) is 10.3. The molecule has 0 amide bonds. The zero-order valence-corrected chi connectivity index (χ0v) is 24.9. The number of aromatic nitrogens is 2. The number of unbranched alkanes of at least 4 members (excludes halogenated alkanes) is 4. The highest BCUT2D eigenvalue weighted by Gasteiger charge is 2.34. The van der Waals surface area contributed by atoms with E-state index in [1.807, 2.05) is 45.3 Å². The second-order valence-electron chi connectivity index (χ2n) is 11.8. The Kier molecular flexibility index (Phi) is 11.4. The van der Waals surface area contributed by atoms with Gasteiger partial charge >= 0.3 is 5.97 Å². The number of morpholine rings is 1. The van der Waals surface area contributed by atoms with Crippen molar-refractivity contribution in [1.82, 2.24) is 9.97 Å². The van der Waals surface area contributed by atoms with E-state index >= 15 is 0 Å². The SMILES string of the molecule is CCCCCCCN(CCc1ccc(OC(C)(C)C(=O)OC(C)(C)C)cc1)c1ncc(N2CCOCC2)cn1. The third-order valence-electron chi connectivity index (χ3n) is 6.67. The first-order valence-corrected chi connectivity index (χ1v) is 14.5. The Morgan fingerprint density at radius 1 is 0.949 bits per heavy atom. The summed E-state index contributed by atoms with van der Waals surface area (Å²) >= 11 is 0. The molecule has 0 saturated carbocycles. The molecule has 0 unspecified atom stereocenters. The number of ether oxygens (including phenoxy) is 3. The van der Waals surface area contributed by atoms with Gasteiger partial charge in [-0.3, -0.25) is 0 Å². The second-order valence-corrected chi connectivity index (χ2v) is 11.8. The van der Waals surface area contributed by atoms with Crippen molar-refractivity contribution >= 4 is 17.6 Å². The van der Waals surface area contributed by atoms with E-state index in [4.69, 9.17) is 24.2 Å². The Morgan fingerprint density at radius 2 is 1.59 bits per heavy atom. The van der Waals surface area contributed by atoms with E-state index in [0.717, 1.165) is 63.9 Å². The van der Waals surface area contributed by atoms with Gasteiger partial charge in [-0.05, 0) is 65.2 Å². The van der Waals surface area contributed by atoms with Crippen molar-refractivity contribution in [3.63, 3.8) is 0 Å². The van der Waals surface area contributed by atoms with Crippen LogP contribution in [0, 0.1) is 0 Å². The summed E-state index contributed by atoms with van der Waals surface area (Å²) in [6.45, 7) is 16.3. The molecule has 0 bridgehead atoms. The summed E-state index contributed by atoms with van der Waals surface area (Å²) in [5, 5.41) is 0. The lowest BCUT2D eigenvalue weighted by molar-refractivity contribution is -0.170. The maximum atomic E-state index is 12.5. The number of carbonyl (C=O) groups excluding carboxylic acids is 1.